The third-order valence-corrected chi connectivity index (χ3v) is 6.44. The summed E-state index contributed by atoms with van der Waals surface area (Å²) in [5.41, 5.74) is 2.03. The Bertz CT molecular complexity index is 696. The number of rotatable bonds is 4. The molecule has 0 aliphatic carbocycles. The van der Waals surface area contributed by atoms with Crippen LogP contribution in [0.15, 0.2) is 47.5 Å². The van der Waals surface area contributed by atoms with E-state index >= 15 is 0 Å². The molecular formula is C15H17BrN2O2S. The standard InChI is InChI=1S/C15H17BrN2O2S/c16-11-12-5-7-13(8-6-12)21(19,20)18-10-2-4-15(18)14-3-1-9-17-14/h1,3,5-9,15,17H,2,4,10-11H2. The van der Waals surface area contributed by atoms with Gasteiger partial charge in [-0.05, 0) is 42.7 Å². The first-order valence-corrected chi connectivity index (χ1v) is 9.49. The Kier molecular flexibility index (Phi) is 4.19. The maximum atomic E-state index is 12.8. The molecule has 1 aliphatic rings. The number of nitrogens with one attached hydrogen (secondary N) is 1. The van der Waals surface area contributed by atoms with Crippen molar-refractivity contribution in [1.82, 2.24) is 9.29 Å². The minimum absolute atomic E-state index is 0.0825. The smallest absolute Gasteiger partial charge is 0.243 e. The van der Waals surface area contributed by atoms with E-state index in [9.17, 15) is 8.42 Å². The largest absolute Gasteiger partial charge is 0.364 e. The van der Waals surface area contributed by atoms with Crippen LogP contribution in [0.2, 0.25) is 0 Å². The summed E-state index contributed by atoms with van der Waals surface area (Å²) in [5, 5.41) is 0.724. The van der Waals surface area contributed by atoms with Crippen LogP contribution in [-0.4, -0.2) is 24.3 Å². The predicted molar refractivity (Wildman–Crippen MR) is 85.7 cm³/mol. The van der Waals surface area contributed by atoms with Gasteiger partial charge in [0, 0.05) is 23.8 Å². The van der Waals surface area contributed by atoms with Crippen LogP contribution in [-0.2, 0) is 15.4 Å². The lowest BCUT2D eigenvalue weighted by Gasteiger charge is -2.23. The van der Waals surface area contributed by atoms with E-state index in [2.05, 4.69) is 20.9 Å². The van der Waals surface area contributed by atoms with Gasteiger partial charge in [0.05, 0.1) is 10.9 Å². The van der Waals surface area contributed by atoms with Crippen molar-refractivity contribution in [2.24, 2.45) is 0 Å². The number of benzene rings is 1. The molecule has 1 aromatic heterocycles. The lowest BCUT2D eigenvalue weighted by Crippen LogP contribution is -2.30. The van der Waals surface area contributed by atoms with Gasteiger partial charge in [0.1, 0.15) is 0 Å². The molecule has 0 amide bonds. The molecule has 112 valence electrons. The second kappa shape index (κ2) is 5.94. The van der Waals surface area contributed by atoms with Crippen molar-refractivity contribution in [2.45, 2.75) is 29.1 Å². The summed E-state index contributed by atoms with van der Waals surface area (Å²) >= 11 is 3.37. The van der Waals surface area contributed by atoms with Gasteiger partial charge in [0.25, 0.3) is 0 Å². The van der Waals surface area contributed by atoms with Crippen LogP contribution in [0.25, 0.3) is 0 Å². The van der Waals surface area contributed by atoms with Crippen LogP contribution in [0, 0.1) is 0 Å². The number of aromatic amines is 1. The van der Waals surface area contributed by atoms with Crippen molar-refractivity contribution in [3.05, 3.63) is 53.9 Å². The number of hydrogen-bond acceptors (Lipinski definition) is 2. The number of alkyl halides is 1. The van der Waals surface area contributed by atoms with Gasteiger partial charge in [-0.15, -0.1) is 0 Å². The number of nitrogens with zero attached hydrogens (tertiary/aromatic N) is 1. The lowest BCUT2D eigenvalue weighted by molar-refractivity contribution is 0.391. The van der Waals surface area contributed by atoms with Gasteiger partial charge in [-0.3, -0.25) is 0 Å². The van der Waals surface area contributed by atoms with Gasteiger partial charge < -0.3 is 4.98 Å². The van der Waals surface area contributed by atoms with E-state index in [-0.39, 0.29) is 6.04 Å². The summed E-state index contributed by atoms with van der Waals surface area (Å²) in [4.78, 5) is 3.50. The van der Waals surface area contributed by atoms with Gasteiger partial charge >= 0.3 is 0 Å². The first kappa shape index (κ1) is 14.8. The Morgan fingerprint density at radius 2 is 2.00 bits per heavy atom. The van der Waals surface area contributed by atoms with Crippen molar-refractivity contribution in [1.29, 1.82) is 0 Å². The number of halogens is 1. The summed E-state index contributed by atoms with van der Waals surface area (Å²) in [6, 6.07) is 10.9. The first-order chi connectivity index (χ1) is 10.1. The van der Waals surface area contributed by atoms with Crippen molar-refractivity contribution >= 4 is 26.0 Å². The molecule has 2 aromatic rings. The van der Waals surface area contributed by atoms with Crippen LogP contribution in [0.3, 0.4) is 0 Å². The van der Waals surface area contributed by atoms with E-state index in [1.54, 1.807) is 16.4 Å². The zero-order valence-corrected chi connectivity index (χ0v) is 13.9. The normalized spacial score (nSPS) is 20.0. The highest BCUT2D eigenvalue weighted by Gasteiger charge is 2.36. The molecule has 1 atom stereocenters. The maximum absolute atomic E-state index is 12.8. The van der Waals surface area contributed by atoms with Crippen LogP contribution in [0.5, 0.6) is 0 Å². The van der Waals surface area contributed by atoms with Gasteiger partial charge in [0.15, 0.2) is 0 Å². The Balaban J connectivity index is 1.93. The molecule has 1 N–H and O–H groups in total. The summed E-state index contributed by atoms with van der Waals surface area (Å²) in [7, 11) is -3.44. The molecule has 6 heteroatoms. The molecule has 0 saturated carbocycles. The fourth-order valence-corrected chi connectivity index (χ4v) is 4.82. The molecule has 1 saturated heterocycles. The van der Waals surface area contributed by atoms with E-state index in [4.69, 9.17) is 0 Å². The molecule has 1 aliphatic heterocycles. The zero-order valence-electron chi connectivity index (χ0n) is 11.5. The van der Waals surface area contributed by atoms with E-state index in [1.165, 1.54) is 0 Å². The molecule has 0 bridgehead atoms. The van der Waals surface area contributed by atoms with E-state index in [1.807, 2.05) is 30.5 Å². The molecule has 1 fully saturated rings. The number of hydrogen-bond donors (Lipinski definition) is 1. The van der Waals surface area contributed by atoms with Crippen LogP contribution in [0.1, 0.15) is 30.1 Å². The first-order valence-electron chi connectivity index (χ1n) is 6.93. The van der Waals surface area contributed by atoms with E-state index in [0.717, 1.165) is 29.4 Å². The SMILES string of the molecule is O=S(=O)(c1ccc(CBr)cc1)N1CCCC1c1ccc[nH]1. The van der Waals surface area contributed by atoms with E-state index in [0.29, 0.717) is 11.4 Å². The molecular weight excluding hydrogens is 352 g/mol. The second-order valence-electron chi connectivity index (χ2n) is 5.18. The fraction of sp³-hybridized carbons (Fsp3) is 0.333. The van der Waals surface area contributed by atoms with Crippen molar-refractivity contribution in [3.8, 4) is 0 Å². The summed E-state index contributed by atoms with van der Waals surface area (Å²) in [6.45, 7) is 0.576. The Labute approximate surface area is 133 Å². The highest BCUT2D eigenvalue weighted by atomic mass is 79.9. The summed E-state index contributed by atoms with van der Waals surface area (Å²) in [6.07, 6.45) is 3.59. The topological polar surface area (TPSA) is 53.2 Å². The van der Waals surface area contributed by atoms with Crippen LogP contribution < -0.4 is 0 Å². The number of H-pyrrole nitrogens is 1. The molecule has 3 rings (SSSR count). The van der Waals surface area contributed by atoms with Gasteiger partial charge in [-0.25, -0.2) is 8.42 Å². The minimum Gasteiger partial charge on any atom is -0.364 e. The number of sulfonamides is 1. The molecule has 4 nitrogen and oxygen atoms in total. The van der Waals surface area contributed by atoms with Crippen LogP contribution >= 0.6 is 15.9 Å². The average molecular weight is 369 g/mol. The van der Waals surface area contributed by atoms with Crippen molar-refractivity contribution in [2.75, 3.05) is 6.54 Å². The Hall–Kier alpha value is -1.11. The van der Waals surface area contributed by atoms with Gasteiger partial charge in [0.2, 0.25) is 10.0 Å². The van der Waals surface area contributed by atoms with E-state index < -0.39 is 10.0 Å². The lowest BCUT2D eigenvalue weighted by atomic mass is 10.2. The molecule has 0 spiro atoms. The zero-order chi connectivity index (χ0) is 14.9. The fourth-order valence-electron chi connectivity index (χ4n) is 2.78. The van der Waals surface area contributed by atoms with Gasteiger partial charge in [-0.1, -0.05) is 28.1 Å². The molecule has 21 heavy (non-hydrogen) atoms. The quantitative estimate of drug-likeness (QED) is 0.840. The predicted octanol–water partition coefficient (Wildman–Crippen LogP) is 3.44. The number of aromatic nitrogens is 1. The second-order valence-corrected chi connectivity index (χ2v) is 7.63. The molecule has 1 aromatic carbocycles. The summed E-state index contributed by atoms with van der Waals surface area (Å²) < 4.78 is 27.3. The van der Waals surface area contributed by atoms with Crippen molar-refractivity contribution < 1.29 is 8.42 Å². The molecule has 1 unspecified atom stereocenters. The third-order valence-electron chi connectivity index (χ3n) is 3.87. The van der Waals surface area contributed by atoms with Gasteiger partial charge in [-0.2, -0.15) is 4.31 Å². The Morgan fingerprint density at radius 1 is 1.24 bits per heavy atom. The van der Waals surface area contributed by atoms with Crippen molar-refractivity contribution in [3.63, 3.8) is 0 Å². The average Bonchev–Trinajstić information content (AvgIpc) is 3.17. The monoisotopic (exact) mass is 368 g/mol. The highest BCUT2D eigenvalue weighted by molar-refractivity contribution is 9.08. The third kappa shape index (κ3) is 2.80. The minimum atomic E-state index is -3.44. The van der Waals surface area contributed by atoms with Crippen LogP contribution in [0.4, 0.5) is 0 Å². The Morgan fingerprint density at radius 3 is 2.62 bits per heavy atom. The molecule has 2 heterocycles. The highest BCUT2D eigenvalue weighted by Crippen LogP contribution is 2.35. The molecule has 0 radical (unpaired) electrons. The maximum Gasteiger partial charge on any atom is 0.243 e. The summed E-state index contributed by atoms with van der Waals surface area (Å²) in [5.74, 6) is 0.